The number of nitrogens with zero attached hydrogens (tertiary/aromatic N) is 2. The zero-order valence-corrected chi connectivity index (χ0v) is 28.4. The summed E-state index contributed by atoms with van der Waals surface area (Å²) >= 11 is 0. The lowest BCUT2D eigenvalue weighted by molar-refractivity contribution is 0.0165. The summed E-state index contributed by atoms with van der Waals surface area (Å²) in [6, 6.07) is 7.30. The molecule has 1 amide bonds. The molecule has 43 heavy (non-hydrogen) atoms. The Morgan fingerprint density at radius 1 is 1.16 bits per heavy atom. The molecule has 5 nitrogen and oxygen atoms in total. The third-order valence-electron chi connectivity index (χ3n) is 10.6. The van der Waals surface area contributed by atoms with E-state index in [-0.39, 0.29) is 29.3 Å². The summed E-state index contributed by atoms with van der Waals surface area (Å²) in [6.45, 7) is 18.9. The molecule has 3 unspecified atom stereocenters. The number of rotatable bonds is 15. The quantitative estimate of drug-likeness (QED) is 0.162. The van der Waals surface area contributed by atoms with Gasteiger partial charge in [0.15, 0.2) is 0 Å². The van der Waals surface area contributed by atoms with Crippen molar-refractivity contribution in [2.45, 2.75) is 124 Å². The summed E-state index contributed by atoms with van der Waals surface area (Å²) in [4.78, 5) is 20.3. The minimum Gasteiger partial charge on any atom is -0.445 e. The number of carbonyl (C=O) groups excluding carboxylic acids is 1. The van der Waals surface area contributed by atoms with E-state index in [1.807, 2.05) is 6.07 Å². The van der Waals surface area contributed by atoms with E-state index < -0.39 is 6.09 Å². The average Bonchev–Trinajstić information content (AvgIpc) is 3.43. The van der Waals surface area contributed by atoms with Crippen molar-refractivity contribution in [1.82, 2.24) is 10.2 Å². The number of halogens is 1. The zero-order chi connectivity index (χ0) is 31.6. The molecule has 1 saturated heterocycles. The smallest absolute Gasteiger partial charge is 0.407 e. The molecule has 0 aromatic heterocycles. The maximum atomic E-state index is 15.0. The highest BCUT2D eigenvalue weighted by molar-refractivity contribution is 5.81. The Balaban J connectivity index is 2.03. The van der Waals surface area contributed by atoms with E-state index in [4.69, 9.17) is 9.73 Å². The van der Waals surface area contributed by atoms with Crippen LogP contribution in [0.1, 0.15) is 112 Å². The standard InChI is InChI=1S/C37H60FN3O2/c1-9-18-37(32-14-13-15-33(38)24-32,31-16-19-41(20-17-31)25-29(12-4)21-26(5)10-2)34-22-30(28(7)40-27(6)11-3)23-35(34)43-36(42)39-8/h13-15,22,24,26,28-29,31,34-35H,9-12,16-21,23,25H2,1-8H3,(H,39,42)/t26?,28?,29?,34-,35-,37-/m0/s1. The van der Waals surface area contributed by atoms with Crippen molar-refractivity contribution in [2.24, 2.45) is 28.7 Å². The molecule has 242 valence electrons. The van der Waals surface area contributed by atoms with Crippen molar-refractivity contribution in [2.75, 3.05) is 26.7 Å². The van der Waals surface area contributed by atoms with Crippen LogP contribution < -0.4 is 5.32 Å². The van der Waals surface area contributed by atoms with Crippen LogP contribution in [0.25, 0.3) is 0 Å². The molecular weight excluding hydrogens is 537 g/mol. The summed E-state index contributed by atoms with van der Waals surface area (Å²) < 4.78 is 21.1. The Bertz CT molecular complexity index is 1080. The molecule has 0 radical (unpaired) electrons. The second-order valence-corrected chi connectivity index (χ2v) is 13.5. The predicted molar refractivity (Wildman–Crippen MR) is 178 cm³/mol. The van der Waals surface area contributed by atoms with Gasteiger partial charge in [0.1, 0.15) is 11.9 Å². The molecule has 1 aromatic rings. The van der Waals surface area contributed by atoms with Crippen molar-refractivity contribution in [1.29, 1.82) is 0 Å². The molecule has 3 rings (SSSR count). The molecule has 6 atom stereocenters. The monoisotopic (exact) mass is 597 g/mol. The van der Waals surface area contributed by atoms with Crippen LogP contribution in [0.5, 0.6) is 0 Å². The van der Waals surface area contributed by atoms with Crippen LogP contribution in [0.2, 0.25) is 0 Å². The van der Waals surface area contributed by atoms with Crippen molar-refractivity contribution in [3.8, 4) is 0 Å². The molecule has 1 aliphatic heterocycles. The van der Waals surface area contributed by atoms with Gasteiger partial charge >= 0.3 is 6.09 Å². The maximum Gasteiger partial charge on any atom is 0.407 e. The van der Waals surface area contributed by atoms with Gasteiger partial charge in [-0.15, -0.1) is 0 Å². The van der Waals surface area contributed by atoms with E-state index in [2.05, 4.69) is 70.8 Å². The molecule has 1 aliphatic carbocycles. The first kappa shape index (κ1) is 35.3. The van der Waals surface area contributed by atoms with Crippen LogP contribution in [0.4, 0.5) is 9.18 Å². The number of carbonyl (C=O) groups is 1. The number of amides is 1. The van der Waals surface area contributed by atoms with Gasteiger partial charge in [-0.05, 0) is 100 Å². The van der Waals surface area contributed by atoms with Crippen molar-refractivity contribution in [3.05, 3.63) is 47.3 Å². The number of hydrogen-bond donors (Lipinski definition) is 1. The topological polar surface area (TPSA) is 53.9 Å². The number of nitrogens with one attached hydrogen (secondary N) is 1. The van der Waals surface area contributed by atoms with E-state index in [0.29, 0.717) is 12.3 Å². The van der Waals surface area contributed by atoms with Gasteiger partial charge in [-0.3, -0.25) is 4.99 Å². The fourth-order valence-electron chi connectivity index (χ4n) is 7.88. The van der Waals surface area contributed by atoms with Gasteiger partial charge in [-0.25, -0.2) is 9.18 Å². The van der Waals surface area contributed by atoms with Crippen LogP contribution in [-0.2, 0) is 10.2 Å². The van der Waals surface area contributed by atoms with Crippen molar-refractivity contribution in [3.63, 3.8) is 0 Å². The first-order valence-electron chi connectivity index (χ1n) is 17.2. The normalized spacial score (nSPS) is 23.7. The lowest BCUT2D eigenvalue weighted by atomic mass is 9.57. The lowest BCUT2D eigenvalue weighted by Gasteiger charge is -2.50. The van der Waals surface area contributed by atoms with Crippen LogP contribution in [0.15, 0.2) is 40.9 Å². The summed E-state index contributed by atoms with van der Waals surface area (Å²) in [6.07, 6.45) is 11.0. The highest BCUT2D eigenvalue weighted by atomic mass is 19.1. The van der Waals surface area contributed by atoms with E-state index in [1.54, 1.807) is 19.2 Å². The first-order valence-corrected chi connectivity index (χ1v) is 17.2. The highest BCUT2D eigenvalue weighted by Crippen LogP contribution is 2.53. The van der Waals surface area contributed by atoms with Gasteiger partial charge < -0.3 is 15.0 Å². The highest BCUT2D eigenvalue weighted by Gasteiger charge is 2.52. The summed E-state index contributed by atoms with van der Waals surface area (Å²) in [5, 5.41) is 2.68. The van der Waals surface area contributed by atoms with Crippen LogP contribution in [0.3, 0.4) is 0 Å². The van der Waals surface area contributed by atoms with Gasteiger partial charge in [0.05, 0.1) is 6.04 Å². The second kappa shape index (κ2) is 16.7. The predicted octanol–water partition coefficient (Wildman–Crippen LogP) is 8.97. The molecule has 0 saturated carbocycles. The molecule has 1 heterocycles. The average molecular weight is 598 g/mol. The molecular formula is C37H60FN3O2. The number of ether oxygens (including phenoxy) is 1. The van der Waals surface area contributed by atoms with E-state index in [9.17, 15) is 9.18 Å². The zero-order valence-electron chi connectivity index (χ0n) is 28.4. The summed E-state index contributed by atoms with van der Waals surface area (Å²) in [5.74, 6) is 1.60. The maximum absolute atomic E-state index is 15.0. The Kier molecular flexibility index (Phi) is 13.7. The fraction of sp³-hybridized carbons (Fsp3) is 0.730. The number of hydrogen-bond acceptors (Lipinski definition) is 4. The third kappa shape index (κ3) is 8.93. The molecule has 1 N–H and O–H groups in total. The van der Waals surface area contributed by atoms with E-state index in [0.717, 1.165) is 74.8 Å². The third-order valence-corrected chi connectivity index (χ3v) is 10.6. The summed E-state index contributed by atoms with van der Waals surface area (Å²) in [7, 11) is 1.62. The SMILES string of the molecule is CCC[C@@](c1cccc(F)c1)(C1CCN(CC(CC)CC(C)CC)CC1)[C@H]1C=C(C(C)N=C(C)CC)C[C@@H]1OC(=O)NC. The minimum absolute atomic E-state index is 0.0194. The van der Waals surface area contributed by atoms with Gasteiger partial charge in [0.25, 0.3) is 0 Å². The fourth-order valence-corrected chi connectivity index (χ4v) is 7.88. The van der Waals surface area contributed by atoms with Gasteiger partial charge in [-0.2, -0.15) is 0 Å². The van der Waals surface area contributed by atoms with Crippen LogP contribution >= 0.6 is 0 Å². The molecule has 0 spiro atoms. The van der Waals surface area contributed by atoms with Crippen molar-refractivity contribution >= 4 is 11.8 Å². The van der Waals surface area contributed by atoms with Crippen LogP contribution in [0, 0.1) is 29.5 Å². The van der Waals surface area contributed by atoms with Crippen LogP contribution in [-0.4, -0.2) is 55.5 Å². The van der Waals surface area contributed by atoms with E-state index in [1.165, 1.54) is 24.8 Å². The van der Waals surface area contributed by atoms with Crippen molar-refractivity contribution < 1.29 is 13.9 Å². The molecule has 1 fully saturated rings. The Hall–Kier alpha value is -2.21. The Morgan fingerprint density at radius 2 is 1.88 bits per heavy atom. The number of benzene rings is 1. The lowest BCUT2D eigenvalue weighted by Crippen LogP contribution is -2.51. The van der Waals surface area contributed by atoms with Gasteiger partial charge in [0, 0.05) is 37.1 Å². The second-order valence-electron chi connectivity index (χ2n) is 13.5. The Labute approximate surface area is 262 Å². The molecule has 6 heteroatoms. The largest absolute Gasteiger partial charge is 0.445 e. The number of aliphatic imine (C=N–C) groups is 1. The Morgan fingerprint density at radius 3 is 2.47 bits per heavy atom. The summed E-state index contributed by atoms with van der Waals surface area (Å²) in [5.41, 5.74) is 3.05. The van der Waals surface area contributed by atoms with E-state index >= 15 is 0 Å². The van der Waals surface area contributed by atoms with Gasteiger partial charge in [0.2, 0.25) is 0 Å². The number of likely N-dealkylation sites (tertiary alicyclic amines) is 1. The molecule has 0 bridgehead atoms. The number of piperidine rings is 1. The number of alkyl carbamates (subject to hydrolysis) is 1. The first-order chi connectivity index (χ1) is 20.6. The molecule has 2 aliphatic rings. The molecule has 1 aromatic carbocycles. The minimum atomic E-state index is -0.406. The van der Waals surface area contributed by atoms with Gasteiger partial charge in [-0.1, -0.05) is 72.1 Å².